The van der Waals surface area contributed by atoms with E-state index in [0.717, 1.165) is 13.0 Å². The van der Waals surface area contributed by atoms with Gasteiger partial charge < -0.3 is 0 Å². The van der Waals surface area contributed by atoms with Gasteiger partial charge in [0.1, 0.15) is 0 Å². The Kier molecular flexibility index (Phi) is 2.60. The summed E-state index contributed by atoms with van der Waals surface area (Å²) < 4.78 is 0. The van der Waals surface area contributed by atoms with E-state index in [1.165, 1.54) is 5.01 Å². The molecule has 0 saturated carbocycles. The molecular weight excluding hydrogens is 176 g/mol. The lowest BCUT2D eigenvalue weighted by Crippen LogP contribution is -2.41. The third-order valence-corrected chi connectivity index (χ3v) is 2.09. The fraction of sp³-hybridized carbons (Fsp3) is 0.182. The molecule has 1 aromatic rings. The zero-order valence-corrected chi connectivity index (χ0v) is 7.81. The summed E-state index contributed by atoms with van der Waals surface area (Å²) >= 11 is 0. The molecule has 1 heterocycles. The number of hydrogen-bond donors (Lipinski definition) is 1. The van der Waals surface area contributed by atoms with Gasteiger partial charge in [-0.05, 0) is 18.6 Å². The molecule has 1 N–H and O–H groups in total. The second-order valence-electron chi connectivity index (χ2n) is 3.12. The van der Waals surface area contributed by atoms with Crippen molar-refractivity contribution < 1.29 is 4.79 Å². The molecule has 2 rings (SSSR count). The molecule has 1 aliphatic rings. The predicted molar refractivity (Wildman–Crippen MR) is 54.4 cm³/mol. The quantitative estimate of drug-likeness (QED) is 0.725. The van der Waals surface area contributed by atoms with E-state index in [9.17, 15) is 4.79 Å². The molecule has 1 amide bonds. The van der Waals surface area contributed by atoms with Gasteiger partial charge in [-0.3, -0.25) is 4.79 Å². The van der Waals surface area contributed by atoms with Gasteiger partial charge in [0.2, 0.25) is 0 Å². The van der Waals surface area contributed by atoms with Crippen LogP contribution < -0.4 is 5.43 Å². The van der Waals surface area contributed by atoms with Crippen LogP contribution in [-0.4, -0.2) is 17.5 Å². The molecule has 3 nitrogen and oxygen atoms in total. The molecule has 1 aliphatic heterocycles. The van der Waals surface area contributed by atoms with Crippen molar-refractivity contribution >= 4 is 5.91 Å². The summed E-state index contributed by atoms with van der Waals surface area (Å²) in [6, 6.07) is 9.25. The molecular formula is C11H12N2O. The van der Waals surface area contributed by atoms with Gasteiger partial charge in [0, 0.05) is 18.3 Å². The third kappa shape index (κ3) is 1.83. The molecule has 0 aromatic heterocycles. The van der Waals surface area contributed by atoms with E-state index in [2.05, 4.69) is 5.43 Å². The van der Waals surface area contributed by atoms with E-state index in [1.54, 1.807) is 6.20 Å². The normalized spacial score (nSPS) is 15.6. The molecule has 0 fully saturated rings. The van der Waals surface area contributed by atoms with Crippen molar-refractivity contribution in [1.29, 1.82) is 0 Å². The number of carbonyl (C=O) groups excluding carboxylic acids is 1. The van der Waals surface area contributed by atoms with E-state index in [4.69, 9.17) is 0 Å². The Bertz CT molecular complexity index is 346. The van der Waals surface area contributed by atoms with Crippen molar-refractivity contribution in [2.45, 2.75) is 6.42 Å². The maximum absolute atomic E-state index is 11.8. The second kappa shape index (κ2) is 4.07. The molecule has 0 atom stereocenters. The van der Waals surface area contributed by atoms with E-state index < -0.39 is 0 Å². The number of rotatable bonds is 1. The number of carbonyl (C=O) groups is 1. The van der Waals surface area contributed by atoms with Gasteiger partial charge in [-0.2, -0.15) is 0 Å². The Hall–Kier alpha value is -1.61. The van der Waals surface area contributed by atoms with Crippen molar-refractivity contribution in [3.05, 3.63) is 48.2 Å². The Morgan fingerprint density at radius 1 is 1.29 bits per heavy atom. The van der Waals surface area contributed by atoms with Crippen LogP contribution in [0.4, 0.5) is 0 Å². The SMILES string of the molecule is O=C(c1ccccc1)N1C=CCCN1. The average molecular weight is 188 g/mol. The van der Waals surface area contributed by atoms with E-state index >= 15 is 0 Å². The number of nitrogens with one attached hydrogen (secondary N) is 1. The van der Waals surface area contributed by atoms with E-state index in [0.29, 0.717) is 5.56 Å². The Morgan fingerprint density at radius 2 is 2.07 bits per heavy atom. The van der Waals surface area contributed by atoms with Gasteiger partial charge in [-0.25, -0.2) is 10.4 Å². The minimum Gasteiger partial charge on any atom is -0.267 e. The van der Waals surface area contributed by atoms with Gasteiger partial charge in [0.15, 0.2) is 0 Å². The fourth-order valence-corrected chi connectivity index (χ4v) is 1.36. The summed E-state index contributed by atoms with van der Waals surface area (Å²) in [7, 11) is 0. The van der Waals surface area contributed by atoms with Crippen LogP contribution in [0.15, 0.2) is 42.6 Å². The van der Waals surface area contributed by atoms with Crippen molar-refractivity contribution in [3.63, 3.8) is 0 Å². The smallest absolute Gasteiger partial charge is 0.267 e. The molecule has 0 bridgehead atoms. The maximum Gasteiger partial charge on any atom is 0.272 e. The van der Waals surface area contributed by atoms with Gasteiger partial charge in [-0.1, -0.05) is 24.3 Å². The lowest BCUT2D eigenvalue weighted by molar-refractivity contribution is 0.0748. The van der Waals surface area contributed by atoms with E-state index in [1.807, 2.05) is 36.4 Å². The highest BCUT2D eigenvalue weighted by atomic mass is 16.2. The first kappa shape index (κ1) is 8.97. The van der Waals surface area contributed by atoms with Crippen LogP contribution in [-0.2, 0) is 0 Å². The minimum atomic E-state index is -0.0125. The minimum absolute atomic E-state index is 0.0125. The summed E-state index contributed by atoms with van der Waals surface area (Å²) in [6.45, 7) is 0.815. The zero-order valence-electron chi connectivity index (χ0n) is 7.81. The predicted octanol–water partition coefficient (Wildman–Crippen LogP) is 1.55. The first-order valence-corrected chi connectivity index (χ1v) is 4.67. The largest absolute Gasteiger partial charge is 0.272 e. The molecule has 0 saturated heterocycles. The van der Waals surface area contributed by atoms with Gasteiger partial charge in [0.25, 0.3) is 5.91 Å². The third-order valence-electron chi connectivity index (χ3n) is 2.09. The monoisotopic (exact) mass is 188 g/mol. The van der Waals surface area contributed by atoms with Crippen LogP contribution in [0.1, 0.15) is 16.8 Å². The van der Waals surface area contributed by atoms with Crippen molar-refractivity contribution in [3.8, 4) is 0 Å². The summed E-state index contributed by atoms with van der Waals surface area (Å²) in [4.78, 5) is 11.8. The molecule has 72 valence electrons. The Labute approximate surface area is 83.0 Å². The Morgan fingerprint density at radius 3 is 2.71 bits per heavy atom. The molecule has 14 heavy (non-hydrogen) atoms. The molecule has 1 aromatic carbocycles. The number of hydrogen-bond acceptors (Lipinski definition) is 2. The summed E-state index contributed by atoms with van der Waals surface area (Å²) in [5.41, 5.74) is 3.71. The van der Waals surface area contributed by atoms with Crippen LogP contribution in [0, 0.1) is 0 Å². The fourth-order valence-electron chi connectivity index (χ4n) is 1.36. The maximum atomic E-state index is 11.8. The molecule has 0 unspecified atom stereocenters. The average Bonchev–Trinajstić information content (AvgIpc) is 2.30. The topological polar surface area (TPSA) is 32.3 Å². The molecule has 0 aliphatic carbocycles. The molecule has 3 heteroatoms. The van der Waals surface area contributed by atoms with Crippen LogP contribution in [0.5, 0.6) is 0 Å². The van der Waals surface area contributed by atoms with E-state index in [-0.39, 0.29) is 5.91 Å². The second-order valence-corrected chi connectivity index (χ2v) is 3.12. The summed E-state index contributed by atoms with van der Waals surface area (Å²) in [5.74, 6) is -0.0125. The number of benzene rings is 1. The van der Waals surface area contributed by atoms with Crippen molar-refractivity contribution in [2.75, 3.05) is 6.54 Å². The number of hydrazine groups is 1. The van der Waals surface area contributed by atoms with Gasteiger partial charge in [-0.15, -0.1) is 0 Å². The van der Waals surface area contributed by atoms with Crippen LogP contribution in [0.2, 0.25) is 0 Å². The molecule has 0 radical (unpaired) electrons. The van der Waals surface area contributed by atoms with Crippen LogP contribution in [0.3, 0.4) is 0 Å². The standard InChI is InChI=1S/C11H12N2O/c14-11(10-6-2-1-3-7-10)13-9-5-4-8-12-13/h1-3,5-7,9,12H,4,8H2. The van der Waals surface area contributed by atoms with Gasteiger partial charge in [0.05, 0.1) is 0 Å². The first-order chi connectivity index (χ1) is 6.88. The van der Waals surface area contributed by atoms with Crippen molar-refractivity contribution in [2.24, 2.45) is 0 Å². The summed E-state index contributed by atoms with van der Waals surface area (Å²) in [5, 5.41) is 1.53. The highest BCUT2D eigenvalue weighted by Crippen LogP contribution is 2.05. The first-order valence-electron chi connectivity index (χ1n) is 4.67. The number of nitrogens with zero attached hydrogens (tertiary/aromatic N) is 1. The Balaban J connectivity index is 2.16. The highest BCUT2D eigenvalue weighted by molar-refractivity contribution is 5.94. The number of amides is 1. The van der Waals surface area contributed by atoms with Crippen LogP contribution >= 0.6 is 0 Å². The molecule has 0 spiro atoms. The highest BCUT2D eigenvalue weighted by Gasteiger charge is 2.13. The lowest BCUT2D eigenvalue weighted by Gasteiger charge is -2.22. The van der Waals surface area contributed by atoms with Crippen molar-refractivity contribution in [1.82, 2.24) is 10.4 Å². The van der Waals surface area contributed by atoms with Crippen LogP contribution in [0.25, 0.3) is 0 Å². The lowest BCUT2D eigenvalue weighted by atomic mass is 10.2. The summed E-state index contributed by atoms with van der Waals surface area (Å²) in [6.07, 6.45) is 4.73. The zero-order chi connectivity index (χ0) is 9.80. The van der Waals surface area contributed by atoms with Gasteiger partial charge >= 0.3 is 0 Å².